The van der Waals surface area contributed by atoms with Gasteiger partial charge in [-0.3, -0.25) is 19.1 Å². The quantitative estimate of drug-likeness (QED) is 0.359. The molecule has 3 heterocycles. The first kappa shape index (κ1) is 37.8. The minimum absolute atomic E-state index is 0. The summed E-state index contributed by atoms with van der Waals surface area (Å²) in [7, 11) is -2.49. The predicted molar refractivity (Wildman–Crippen MR) is 188 cm³/mol. The Kier molecular flexibility index (Phi) is 10.8. The number of nitrogens with two attached hydrogens (primary N) is 1. The van der Waals surface area contributed by atoms with Gasteiger partial charge >= 0.3 is 0 Å². The van der Waals surface area contributed by atoms with Crippen LogP contribution < -0.4 is 25.2 Å². The van der Waals surface area contributed by atoms with Crippen LogP contribution in [0.2, 0.25) is 0 Å². The molecule has 0 radical (unpaired) electrons. The van der Waals surface area contributed by atoms with Crippen molar-refractivity contribution in [2.24, 2.45) is 23.5 Å². The van der Waals surface area contributed by atoms with E-state index < -0.39 is 68.0 Å². The third-order valence-corrected chi connectivity index (χ3v) is 13.1. The predicted octanol–water partition coefficient (Wildman–Crippen LogP) is 3.76. The number of methoxy groups -OCH3 is 1. The van der Waals surface area contributed by atoms with Crippen molar-refractivity contribution in [1.29, 1.82) is 0 Å². The Hall–Kier alpha value is -3.49. The average molecular weight is 736 g/mol. The molecule has 2 aromatic rings. The average Bonchev–Trinajstić information content (AvgIpc) is 3.95. The summed E-state index contributed by atoms with van der Waals surface area (Å²) in [6.07, 6.45) is 8.69. The van der Waals surface area contributed by atoms with Gasteiger partial charge in [-0.25, -0.2) is 17.8 Å². The van der Waals surface area contributed by atoms with Crippen LogP contribution in [0.25, 0.3) is 10.8 Å². The number of fused-ring (bicyclic) bond motifs is 3. The molecule has 3 amide bonds. The van der Waals surface area contributed by atoms with E-state index in [0.29, 0.717) is 35.8 Å². The number of ether oxygens (including phenoxy) is 2. The molecule has 1 aromatic carbocycles. The van der Waals surface area contributed by atoms with E-state index >= 15 is 0 Å². The third-order valence-electron chi connectivity index (χ3n) is 10.9. The summed E-state index contributed by atoms with van der Waals surface area (Å²) < 4.78 is 53.4. The Morgan fingerprint density at radius 2 is 1.96 bits per heavy atom. The Bertz CT molecular complexity index is 1790. The SMILES string of the molecule is CC[C@@H]1C[C@H](C)CC/C=C\[C@@H]2C[C@@]2(C(=O)NS(=O)(=O)C2(C)CC2)NC(=O)[C@@H]2C[C@@H](Oc3ncc(OC)c4ccc(F)cc34)CN2C(=O)[C@H]1N.Cl. The minimum atomic E-state index is -3.97. The standard InChI is InChI=1S/C35H46FN5O7S.ClH/c1-5-21-14-20(2)8-6-7-9-22-17-35(22,33(44)40-49(45,46)34(3)12-13-34)39-30(42)27-16-24(19-41(27)32(43)29(21)37)48-31-26-15-23(36)10-11-25(26)28(47-4)18-38-31;/h7,9-11,15,18,20-22,24,27,29H,5-6,8,12-14,16-17,19,37H2,1-4H3,(H,39,42)(H,40,44);1H/b9-7-;/t20-,21-,22-,24-,27+,29+,35-;/m1./s1. The van der Waals surface area contributed by atoms with Crippen LogP contribution in [-0.4, -0.2) is 78.2 Å². The second kappa shape index (κ2) is 14.3. The number of pyridine rings is 1. The highest BCUT2D eigenvalue weighted by atomic mass is 35.5. The smallest absolute Gasteiger partial charge is 0.259 e. The first-order valence-electron chi connectivity index (χ1n) is 17.1. The summed E-state index contributed by atoms with van der Waals surface area (Å²) in [4.78, 5) is 47.9. The topological polar surface area (TPSA) is 170 Å². The van der Waals surface area contributed by atoms with Crippen LogP contribution in [0.4, 0.5) is 4.39 Å². The van der Waals surface area contributed by atoms with E-state index in [2.05, 4.69) is 21.9 Å². The van der Waals surface area contributed by atoms with Gasteiger partial charge in [0.05, 0.1) is 36.0 Å². The number of carbonyl (C=O) groups excluding carboxylic acids is 3. The lowest BCUT2D eigenvalue weighted by Gasteiger charge is -2.31. The molecule has 0 bridgehead atoms. The van der Waals surface area contributed by atoms with Crippen LogP contribution >= 0.6 is 12.4 Å². The van der Waals surface area contributed by atoms with Gasteiger partial charge in [0.1, 0.15) is 29.3 Å². The van der Waals surface area contributed by atoms with Crippen molar-refractivity contribution in [2.45, 2.75) is 101 Å². The Morgan fingerprint density at radius 1 is 1.22 bits per heavy atom. The molecule has 2 aliphatic heterocycles. The van der Waals surface area contributed by atoms with Gasteiger partial charge in [0, 0.05) is 17.7 Å². The first-order chi connectivity index (χ1) is 23.2. The Labute approximate surface area is 298 Å². The highest BCUT2D eigenvalue weighted by Crippen LogP contribution is 2.47. The second-order valence-electron chi connectivity index (χ2n) is 14.5. The molecule has 0 spiro atoms. The Balaban J connectivity index is 0.00000486. The molecule has 12 nitrogen and oxygen atoms in total. The van der Waals surface area contributed by atoms with Crippen molar-refractivity contribution in [3.63, 3.8) is 0 Å². The van der Waals surface area contributed by atoms with E-state index in [-0.39, 0.29) is 49.5 Å². The molecule has 274 valence electrons. The Morgan fingerprint density at radius 3 is 2.64 bits per heavy atom. The number of amides is 3. The maximum absolute atomic E-state index is 14.4. The van der Waals surface area contributed by atoms with Crippen molar-refractivity contribution in [3.05, 3.63) is 42.4 Å². The molecule has 6 rings (SSSR count). The van der Waals surface area contributed by atoms with Crippen LogP contribution in [0.3, 0.4) is 0 Å². The highest BCUT2D eigenvalue weighted by Gasteiger charge is 2.63. The zero-order valence-electron chi connectivity index (χ0n) is 28.8. The van der Waals surface area contributed by atoms with Gasteiger partial charge in [0.15, 0.2) is 0 Å². The van der Waals surface area contributed by atoms with E-state index in [0.717, 1.165) is 19.3 Å². The van der Waals surface area contributed by atoms with Crippen molar-refractivity contribution in [3.8, 4) is 11.6 Å². The summed E-state index contributed by atoms with van der Waals surface area (Å²) >= 11 is 0. The molecule has 15 heteroatoms. The number of carbonyl (C=O) groups is 3. The minimum Gasteiger partial charge on any atom is -0.494 e. The summed E-state index contributed by atoms with van der Waals surface area (Å²) in [5.74, 6) is -2.06. The van der Waals surface area contributed by atoms with Crippen molar-refractivity contribution < 1.29 is 36.7 Å². The fourth-order valence-electron chi connectivity index (χ4n) is 7.26. The zero-order valence-corrected chi connectivity index (χ0v) is 30.4. The number of hydrogen-bond donors (Lipinski definition) is 3. The molecule has 7 atom stereocenters. The van der Waals surface area contributed by atoms with Gasteiger partial charge in [0.25, 0.3) is 5.91 Å². The lowest BCUT2D eigenvalue weighted by molar-refractivity contribution is -0.141. The maximum atomic E-state index is 14.4. The van der Waals surface area contributed by atoms with Crippen LogP contribution in [0, 0.1) is 23.6 Å². The molecule has 4 aliphatic rings. The summed E-state index contributed by atoms with van der Waals surface area (Å²) in [5, 5.41) is 3.81. The molecule has 3 fully saturated rings. The monoisotopic (exact) mass is 735 g/mol. The number of rotatable bonds is 7. The molecule has 2 aliphatic carbocycles. The zero-order chi connectivity index (χ0) is 35.3. The van der Waals surface area contributed by atoms with Crippen LogP contribution in [0.5, 0.6) is 11.6 Å². The van der Waals surface area contributed by atoms with Gasteiger partial charge in [-0.2, -0.15) is 0 Å². The number of allylic oxidation sites excluding steroid dienone is 1. The number of benzene rings is 1. The number of nitrogens with one attached hydrogen (secondary N) is 2. The largest absolute Gasteiger partial charge is 0.494 e. The molecule has 1 saturated heterocycles. The number of halogens is 2. The molecule has 2 saturated carbocycles. The van der Waals surface area contributed by atoms with Crippen molar-refractivity contribution in [2.75, 3.05) is 13.7 Å². The fraction of sp³-hybridized carbons (Fsp3) is 0.600. The molecule has 1 aromatic heterocycles. The second-order valence-corrected chi connectivity index (χ2v) is 16.7. The maximum Gasteiger partial charge on any atom is 0.259 e. The molecule has 0 unspecified atom stereocenters. The first-order valence-corrected chi connectivity index (χ1v) is 18.6. The van der Waals surface area contributed by atoms with Crippen molar-refractivity contribution in [1.82, 2.24) is 19.9 Å². The van der Waals surface area contributed by atoms with Gasteiger partial charge < -0.3 is 25.4 Å². The van der Waals surface area contributed by atoms with Crippen LogP contribution in [0.1, 0.15) is 72.1 Å². The molecule has 4 N–H and O–H groups in total. The normalized spacial score (nSPS) is 31.5. The number of hydrogen-bond acceptors (Lipinski definition) is 9. The summed E-state index contributed by atoms with van der Waals surface area (Å²) in [5.41, 5.74) is 5.15. The number of nitrogens with zero attached hydrogens (tertiary/aromatic N) is 2. The van der Waals surface area contributed by atoms with Gasteiger partial charge in [-0.1, -0.05) is 32.4 Å². The molecular formula is C35H47ClFN5O7S. The summed E-state index contributed by atoms with van der Waals surface area (Å²) in [6.45, 7) is 5.69. The lowest BCUT2D eigenvalue weighted by Crippen LogP contribution is -2.58. The van der Waals surface area contributed by atoms with Gasteiger partial charge in [-0.15, -0.1) is 12.4 Å². The lowest BCUT2D eigenvalue weighted by atomic mass is 9.85. The molecular weight excluding hydrogens is 689 g/mol. The van der Waals surface area contributed by atoms with E-state index in [1.54, 1.807) is 13.0 Å². The van der Waals surface area contributed by atoms with Gasteiger partial charge in [-0.05, 0) is 75.5 Å². The number of sulfonamides is 1. The number of aromatic nitrogens is 1. The van der Waals surface area contributed by atoms with Crippen LogP contribution in [-0.2, 0) is 24.4 Å². The molecule has 50 heavy (non-hydrogen) atoms. The summed E-state index contributed by atoms with van der Waals surface area (Å²) in [6, 6.07) is 2.20. The fourth-order valence-corrected chi connectivity index (χ4v) is 8.57. The van der Waals surface area contributed by atoms with E-state index in [4.69, 9.17) is 15.2 Å². The van der Waals surface area contributed by atoms with Gasteiger partial charge in [0.2, 0.25) is 27.7 Å². The van der Waals surface area contributed by atoms with Crippen LogP contribution in [0.15, 0.2) is 36.5 Å². The van der Waals surface area contributed by atoms with E-state index in [1.807, 2.05) is 19.1 Å². The highest BCUT2D eigenvalue weighted by molar-refractivity contribution is 7.91. The third kappa shape index (κ3) is 7.16. The van der Waals surface area contributed by atoms with Crippen molar-refractivity contribution >= 4 is 50.9 Å². The van der Waals surface area contributed by atoms with E-state index in [1.165, 1.54) is 30.3 Å². The van der Waals surface area contributed by atoms with E-state index in [9.17, 15) is 27.2 Å².